The summed E-state index contributed by atoms with van der Waals surface area (Å²) in [6.45, 7) is 4.58. The molecule has 9 aromatic carbocycles. The zero-order chi connectivity index (χ0) is 43.5. The standard InChI is InChI=1S/C61H46N4/c1-41(2)36-42-32-34-47(35-33-42)61(53-26-11-9-24-51(53)52-25-10-12-27-54(52)61)48-19-17-18-43(40-48)44-37-45(59-62-55-28-13-15-30-57(55)64(59)49-20-5-3-6-21-49)39-46(38-44)60-63-56-29-14-16-31-58(56)65(60)50-22-7-4-8-23-50/h3-35,37-41H,36H2,1-2H3. The Morgan fingerprint density at radius 2 is 0.877 bits per heavy atom. The summed E-state index contributed by atoms with van der Waals surface area (Å²) in [4.78, 5) is 10.8. The molecule has 12 rings (SSSR count). The highest BCUT2D eigenvalue weighted by atomic mass is 15.1. The van der Waals surface area contributed by atoms with E-state index in [9.17, 15) is 0 Å². The summed E-state index contributed by atoms with van der Waals surface area (Å²) in [5.41, 5.74) is 18.8. The summed E-state index contributed by atoms with van der Waals surface area (Å²) in [7, 11) is 0. The van der Waals surface area contributed by atoms with E-state index in [1.807, 2.05) is 0 Å². The minimum atomic E-state index is -0.539. The van der Waals surface area contributed by atoms with Gasteiger partial charge in [0.1, 0.15) is 11.6 Å². The van der Waals surface area contributed by atoms with Crippen LogP contribution in [0.1, 0.15) is 41.7 Å². The maximum absolute atomic E-state index is 5.39. The number of rotatable bonds is 9. The lowest BCUT2D eigenvalue weighted by Crippen LogP contribution is -2.28. The number of imidazole rings is 2. The number of hydrogen-bond donors (Lipinski definition) is 0. The zero-order valence-electron chi connectivity index (χ0n) is 36.4. The zero-order valence-corrected chi connectivity index (χ0v) is 36.4. The van der Waals surface area contributed by atoms with Crippen LogP contribution in [0.4, 0.5) is 0 Å². The minimum Gasteiger partial charge on any atom is -0.292 e. The number of benzene rings is 9. The second-order valence-electron chi connectivity index (χ2n) is 17.7. The lowest BCUT2D eigenvalue weighted by molar-refractivity contribution is 0.646. The van der Waals surface area contributed by atoms with Crippen LogP contribution >= 0.6 is 0 Å². The molecule has 0 saturated carbocycles. The van der Waals surface area contributed by atoms with E-state index >= 15 is 0 Å². The normalized spacial score (nSPS) is 12.8. The Bertz CT molecular complexity index is 3360. The molecule has 0 atom stereocenters. The van der Waals surface area contributed by atoms with Crippen LogP contribution in [0.25, 0.3) is 78.5 Å². The van der Waals surface area contributed by atoms with E-state index < -0.39 is 5.41 Å². The SMILES string of the molecule is CC(C)Cc1ccc(C2(c3cccc(-c4cc(-c5nc6ccccc6n5-c5ccccc5)cc(-c5nc6ccccc6n5-c5ccccc5)c4)c3)c3ccccc3-c3ccccc32)cc1. The summed E-state index contributed by atoms with van der Waals surface area (Å²) in [5.74, 6) is 2.32. The van der Waals surface area contributed by atoms with Gasteiger partial charge in [0.05, 0.1) is 27.5 Å². The summed E-state index contributed by atoms with van der Waals surface area (Å²) < 4.78 is 4.58. The topological polar surface area (TPSA) is 35.6 Å². The molecular formula is C61H46N4. The predicted molar refractivity (Wildman–Crippen MR) is 268 cm³/mol. The van der Waals surface area contributed by atoms with Gasteiger partial charge in [0.15, 0.2) is 0 Å². The molecule has 0 spiro atoms. The molecule has 310 valence electrons. The Labute approximate surface area is 379 Å². The maximum Gasteiger partial charge on any atom is 0.145 e. The molecule has 4 nitrogen and oxygen atoms in total. The van der Waals surface area contributed by atoms with E-state index in [0.29, 0.717) is 5.92 Å². The first-order chi connectivity index (χ1) is 32.0. The van der Waals surface area contributed by atoms with Crippen molar-refractivity contribution in [3.05, 3.63) is 252 Å². The van der Waals surface area contributed by atoms with Gasteiger partial charge in [-0.3, -0.25) is 9.13 Å². The first kappa shape index (κ1) is 38.6. The lowest BCUT2D eigenvalue weighted by atomic mass is 9.67. The van der Waals surface area contributed by atoms with Crippen LogP contribution in [-0.2, 0) is 11.8 Å². The number of fused-ring (bicyclic) bond motifs is 5. The predicted octanol–water partition coefficient (Wildman–Crippen LogP) is 14.9. The summed E-state index contributed by atoms with van der Waals surface area (Å²) in [5, 5.41) is 0. The van der Waals surface area contributed by atoms with Crippen molar-refractivity contribution in [1.82, 2.24) is 19.1 Å². The molecule has 1 aliphatic rings. The van der Waals surface area contributed by atoms with Crippen molar-refractivity contribution in [2.45, 2.75) is 25.7 Å². The quantitative estimate of drug-likeness (QED) is 0.145. The second-order valence-corrected chi connectivity index (χ2v) is 17.7. The largest absolute Gasteiger partial charge is 0.292 e. The molecule has 0 saturated heterocycles. The second kappa shape index (κ2) is 15.6. The van der Waals surface area contributed by atoms with Gasteiger partial charge >= 0.3 is 0 Å². The Morgan fingerprint density at radius 3 is 1.42 bits per heavy atom. The molecule has 4 heteroatoms. The van der Waals surface area contributed by atoms with Gasteiger partial charge in [-0.25, -0.2) is 9.97 Å². The third kappa shape index (κ3) is 6.36. The van der Waals surface area contributed by atoms with Crippen LogP contribution in [0.15, 0.2) is 224 Å². The Kier molecular flexibility index (Phi) is 9.27. The average molecular weight is 835 g/mol. The molecular weight excluding hydrogens is 789 g/mol. The monoisotopic (exact) mass is 834 g/mol. The smallest absolute Gasteiger partial charge is 0.145 e. The first-order valence-electron chi connectivity index (χ1n) is 22.7. The molecule has 0 amide bonds. The van der Waals surface area contributed by atoms with Gasteiger partial charge in [-0.2, -0.15) is 0 Å². The van der Waals surface area contributed by atoms with Crippen LogP contribution in [0, 0.1) is 5.92 Å². The number of hydrogen-bond acceptors (Lipinski definition) is 2. The highest BCUT2D eigenvalue weighted by Gasteiger charge is 2.46. The third-order valence-corrected chi connectivity index (χ3v) is 13.2. The average Bonchev–Trinajstić information content (AvgIpc) is 4.04. The molecule has 0 aliphatic heterocycles. The molecule has 2 aromatic heterocycles. The van der Waals surface area contributed by atoms with E-state index in [-0.39, 0.29) is 0 Å². The molecule has 0 fully saturated rings. The van der Waals surface area contributed by atoms with E-state index in [1.54, 1.807) is 0 Å². The molecule has 0 unspecified atom stereocenters. The molecule has 0 N–H and O–H groups in total. The fourth-order valence-corrected chi connectivity index (χ4v) is 10.5. The van der Waals surface area contributed by atoms with Crippen molar-refractivity contribution < 1.29 is 0 Å². The van der Waals surface area contributed by atoms with Crippen molar-refractivity contribution in [3.63, 3.8) is 0 Å². The lowest BCUT2D eigenvalue weighted by Gasteiger charge is -2.34. The van der Waals surface area contributed by atoms with Gasteiger partial charge in [0.2, 0.25) is 0 Å². The molecule has 1 aliphatic carbocycles. The van der Waals surface area contributed by atoms with Crippen LogP contribution < -0.4 is 0 Å². The highest BCUT2D eigenvalue weighted by Crippen LogP contribution is 2.56. The van der Waals surface area contributed by atoms with Crippen molar-refractivity contribution in [3.8, 4) is 56.4 Å². The fraction of sp³-hybridized carbons (Fsp3) is 0.0820. The Balaban J connectivity index is 1.13. The van der Waals surface area contributed by atoms with Crippen LogP contribution in [-0.4, -0.2) is 19.1 Å². The van der Waals surface area contributed by atoms with Crippen molar-refractivity contribution in [2.75, 3.05) is 0 Å². The van der Waals surface area contributed by atoms with Gasteiger partial charge in [-0.15, -0.1) is 0 Å². The minimum absolute atomic E-state index is 0.539. The van der Waals surface area contributed by atoms with E-state index in [4.69, 9.17) is 9.97 Å². The first-order valence-corrected chi connectivity index (χ1v) is 22.7. The van der Waals surface area contributed by atoms with Gasteiger partial charge in [0.25, 0.3) is 0 Å². The van der Waals surface area contributed by atoms with Gasteiger partial charge < -0.3 is 0 Å². The molecule has 65 heavy (non-hydrogen) atoms. The molecule has 11 aromatic rings. The summed E-state index contributed by atoms with van der Waals surface area (Å²) in [6, 6.07) is 81.6. The van der Waals surface area contributed by atoms with E-state index in [2.05, 4.69) is 247 Å². The molecule has 0 radical (unpaired) electrons. The Morgan fingerprint density at radius 1 is 0.400 bits per heavy atom. The van der Waals surface area contributed by atoms with Crippen molar-refractivity contribution in [1.29, 1.82) is 0 Å². The molecule has 0 bridgehead atoms. The van der Waals surface area contributed by atoms with Crippen molar-refractivity contribution in [2.24, 2.45) is 5.92 Å². The fourth-order valence-electron chi connectivity index (χ4n) is 10.5. The highest BCUT2D eigenvalue weighted by molar-refractivity contribution is 5.90. The van der Waals surface area contributed by atoms with Gasteiger partial charge in [-0.1, -0.05) is 166 Å². The van der Waals surface area contributed by atoms with E-state index in [1.165, 1.54) is 38.9 Å². The number of para-hydroxylation sites is 6. The molecule has 2 heterocycles. The van der Waals surface area contributed by atoms with Crippen LogP contribution in [0.2, 0.25) is 0 Å². The third-order valence-electron chi connectivity index (χ3n) is 13.2. The number of nitrogens with zero attached hydrogens (tertiary/aromatic N) is 4. The van der Waals surface area contributed by atoms with Gasteiger partial charge in [0, 0.05) is 22.5 Å². The number of aromatic nitrogens is 4. The van der Waals surface area contributed by atoms with Gasteiger partial charge in [-0.05, 0) is 135 Å². The van der Waals surface area contributed by atoms with E-state index in [0.717, 1.165) is 73.8 Å². The summed E-state index contributed by atoms with van der Waals surface area (Å²) in [6.07, 6.45) is 1.05. The van der Waals surface area contributed by atoms with Crippen LogP contribution in [0.5, 0.6) is 0 Å². The van der Waals surface area contributed by atoms with Crippen LogP contribution in [0.3, 0.4) is 0 Å². The maximum atomic E-state index is 5.39. The Hall–Kier alpha value is -8.08. The van der Waals surface area contributed by atoms with Crippen molar-refractivity contribution >= 4 is 22.1 Å². The summed E-state index contributed by atoms with van der Waals surface area (Å²) >= 11 is 0.